The topological polar surface area (TPSA) is 29.0 Å². The average molecular weight is 198 g/mol. The third-order valence-electron chi connectivity index (χ3n) is 2.29. The first-order valence-electron chi connectivity index (χ1n) is 4.44. The van der Waals surface area contributed by atoms with E-state index in [1.54, 1.807) is 12.4 Å². The number of anilines is 1. The SMILES string of the molecule is Cc1nccnc1N1CCC(Cl)C1. The highest BCUT2D eigenvalue weighted by Gasteiger charge is 2.22. The van der Waals surface area contributed by atoms with E-state index in [9.17, 15) is 0 Å². The van der Waals surface area contributed by atoms with Gasteiger partial charge in [-0.25, -0.2) is 4.98 Å². The largest absolute Gasteiger partial charge is 0.354 e. The summed E-state index contributed by atoms with van der Waals surface area (Å²) in [5, 5.41) is 0.265. The second-order valence-corrected chi connectivity index (χ2v) is 3.91. The molecule has 1 aromatic heterocycles. The van der Waals surface area contributed by atoms with Gasteiger partial charge in [-0.05, 0) is 13.3 Å². The molecule has 1 aliphatic rings. The Labute approximate surface area is 82.8 Å². The Morgan fingerprint density at radius 3 is 2.85 bits per heavy atom. The molecule has 70 valence electrons. The molecule has 2 heterocycles. The molecule has 1 aromatic rings. The van der Waals surface area contributed by atoms with Crippen molar-refractivity contribution in [1.82, 2.24) is 9.97 Å². The van der Waals surface area contributed by atoms with E-state index in [0.717, 1.165) is 31.0 Å². The standard InChI is InChI=1S/C9H12ClN3/c1-7-9(12-4-3-11-7)13-5-2-8(10)6-13/h3-4,8H,2,5-6H2,1H3. The third kappa shape index (κ3) is 1.75. The number of aryl methyl sites for hydroxylation is 1. The molecule has 0 radical (unpaired) electrons. The average Bonchev–Trinajstić information content (AvgIpc) is 2.53. The maximum atomic E-state index is 6.02. The fourth-order valence-electron chi connectivity index (χ4n) is 1.62. The Bertz CT molecular complexity index is 303. The van der Waals surface area contributed by atoms with Gasteiger partial charge in [-0.2, -0.15) is 0 Å². The first kappa shape index (κ1) is 8.75. The highest BCUT2D eigenvalue weighted by Crippen LogP contribution is 2.22. The molecule has 0 bridgehead atoms. The molecule has 0 spiro atoms. The van der Waals surface area contributed by atoms with E-state index >= 15 is 0 Å². The molecule has 13 heavy (non-hydrogen) atoms. The monoisotopic (exact) mass is 197 g/mol. The number of hydrogen-bond acceptors (Lipinski definition) is 3. The van der Waals surface area contributed by atoms with Crippen molar-refractivity contribution in [2.24, 2.45) is 0 Å². The van der Waals surface area contributed by atoms with Crippen LogP contribution in [0.5, 0.6) is 0 Å². The maximum Gasteiger partial charge on any atom is 0.150 e. The van der Waals surface area contributed by atoms with Gasteiger partial charge in [0.05, 0.1) is 11.1 Å². The molecule has 1 aliphatic heterocycles. The van der Waals surface area contributed by atoms with Crippen molar-refractivity contribution in [1.29, 1.82) is 0 Å². The van der Waals surface area contributed by atoms with Gasteiger partial charge in [-0.15, -0.1) is 11.6 Å². The fourth-order valence-corrected chi connectivity index (χ4v) is 1.88. The highest BCUT2D eigenvalue weighted by atomic mass is 35.5. The van der Waals surface area contributed by atoms with Crippen molar-refractivity contribution >= 4 is 17.4 Å². The van der Waals surface area contributed by atoms with E-state index in [0.29, 0.717) is 0 Å². The number of nitrogens with zero attached hydrogens (tertiary/aromatic N) is 3. The molecule has 3 nitrogen and oxygen atoms in total. The van der Waals surface area contributed by atoms with Crippen LogP contribution in [-0.2, 0) is 0 Å². The zero-order valence-corrected chi connectivity index (χ0v) is 8.33. The lowest BCUT2D eigenvalue weighted by molar-refractivity contribution is 0.910. The Morgan fingerprint density at radius 2 is 2.23 bits per heavy atom. The lowest BCUT2D eigenvalue weighted by Gasteiger charge is -2.17. The van der Waals surface area contributed by atoms with Gasteiger partial charge in [0.25, 0.3) is 0 Å². The van der Waals surface area contributed by atoms with E-state index < -0.39 is 0 Å². The van der Waals surface area contributed by atoms with Crippen LogP contribution in [0.1, 0.15) is 12.1 Å². The van der Waals surface area contributed by atoms with Crippen LogP contribution in [0.25, 0.3) is 0 Å². The van der Waals surface area contributed by atoms with Crippen LogP contribution in [0.3, 0.4) is 0 Å². The third-order valence-corrected chi connectivity index (χ3v) is 2.64. The van der Waals surface area contributed by atoms with Gasteiger partial charge >= 0.3 is 0 Å². The van der Waals surface area contributed by atoms with Gasteiger partial charge in [0, 0.05) is 25.5 Å². The first-order chi connectivity index (χ1) is 6.27. The van der Waals surface area contributed by atoms with Crippen LogP contribution in [-0.4, -0.2) is 28.4 Å². The number of rotatable bonds is 1. The maximum absolute atomic E-state index is 6.02. The molecule has 0 amide bonds. The Hall–Kier alpha value is -0.830. The zero-order valence-electron chi connectivity index (χ0n) is 7.57. The van der Waals surface area contributed by atoms with Gasteiger partial charge in [0.2, 0.25) is 0 Å². The van der Waals surface area contributed by atoms with Gasteiger partial charge < -0.3 is 4.90 Å². The van der Waals surface area contributed by atoms with Crippen LogP contribution < -0.4 is 4.90 Å². The molecule has 0 aliphatic carbocycles. The predicted octanol–water partition coefficient (Wildman–Crippen LogP) is 1.60. The van der Waals surface area contributed by atoms with E-state index in [2.05, 4.69) is 14.9 Å². The normalized spacial score (nSPS) is 22.3. The van der Waals surface area contributed by atoms with Crippen LogP contribution in [0.2, 0.25) is 0 Å². The number of hydrogen-bond donors (Lipinski definition) is 0. The summed E-state index contributed by atoms with van der Waals surface area (Å²) in [4.78, 5) is 10.7. The molecular weight excluding hydrogens is 186 g/mol. The van der Waals surface area contributed by atoms with E-state index in [1.807, 2.05) is 6.92 Å². The van der Waals surface area contributed by atoms with Crippen molar-refractivity contribution in [3.63, 3.8) is 0 Å². The van der Waals surface area contributed by atoms with Crippen molar-refractivity contribution < 1.29 is 0 Å². The highest BCUT2D eigenvalue weighted by molar-refractivity contribution is 6.21. The van der Waals surface area contributed by atoms with Gasteiger partial charge in [0.1, 0.15) is 5.82 Å². The Kier molecular flexibility index (Phi) is 2.36. The first-order valence-corrected chi connectivity index (χ1v) is 4.87. The van der Waals surface area contributed by atoms with Crippen molar-refractivity contribution in [2.45, 2.75) is 18.7 Å². The van der Waals surface area contributed by atoms with Crippen molar-refractivity contribution in [3.8, 4) is 0 Å². The smallest absolute Gasteiger partial charge is 0.150 e. The molecular formula is C9H12ClN3. The summed E-state index contributed by atoms with van der Waals surface area (Å²) in [5.41, 5.74) is 0.980. The van der Waals surface area contributed by atoms with Gasteiger partial charge in [-0.1, -0.05) is 0 Å². The molecule has 1 fully saturated rings. The second kappa shape index (κ2) is 3.50. The van der Waals surface area contributed by atoms with Gasteiger partial charge in [0.15, 0.2) is 0 Å². The minimum absolute atomic E-state index is 0.265. The van der Waals surface area contributed by atoms with Crippen LogP contribution >= 0.6 is 11.6 Å². The fraction of sp³-hybridized carbons (Fsp3) is 0.556. The molecule has 0 aromatic carbocycles. The number of alkyl halides is 1. The second-order valence-electron chi connectivity index (χ2n) is 3.30. The lowest BCUT2D eigenvalue weighted by Crippen LogP contribution is -2.22. The number of halogens is 1. The summed E-state index contributed by atoms with van der Waals surface area (Å²) >= 11 is 6.02. The number of aromatic nitrogens is 2. The summed E-state index contributed by atoms with van der Waals surface area (Å²) in [6, 6.07) is 0. The quantitative estimate of drug-likeness (QED) is 0.641. The van der Waals surface area contributed by atoms with Crippen LogP contribution in [0.4, 0.5) is 5.82 Å². The summed E-state index contributed by atoms with van der Waals surface area (Å²) in [7, 11) is 0. The minimum atomic E-state index is 0.265. The molecule has 1 atom stereocenters. The lowest BCUT2D eigenvalue weighted by atomic mass is 10.4. The summed E-state index contributed by atoms with van der Waals surface area (Å²) in [6.45, 7) is 3.86. The summed E-state index contributed by atoms with van der Waals surface area (Å²) < 4.78 is 0. The van der Waals surface area contributed by atoms with Crippen molar-refractivity contribution in [2.75, 3.05) is 18.0 Å². The van der Waals surface area contributed by atoms with E-state index in [1.165, 1.54) is 0 Å². The van der Waals surface area contributed by atoms with Crippen molar-refractivity contribution in [3.05, 3.63) is 18.1 Å². The summed E-state index contributed by atoms with van der Waals surface area (Å²) in [6.07, 6.45) is 4.48. The molecule has 4 heteroatoms. The summed E-state index contributed by atoms with van der Waals surface area (Å²) in [5.74, 6) is 0.977. The molecule has 1 saturated heterocycles. The molecule has 2 rings (SSSR count). The Morgan fingerprint density at radius 1 is 1.46 bits per heavy atom. The predicted molar refractivity (Wildman–Crippen MR) is 53.2 cm³/mol. The molecule has 1 unspecified atom stereocenters. The van der Waals surface area contributed by atoms with Gasteiger partial charge in [-0.3, -0.25) is 4.98 Å². The molecule has 0 saturated carbocycles. The minimum Gasteiger partial charge on any atom is -0.354 e. The van der Waals surface area contributed by atoms with Crippen LogP contribution in [0.15, 0.2) is 12.4 Å². The van der Waals surface area contributed by atoms with Crippen LogP contribution in [0, 0.1) is 6.92 Å². The molecule has 0 N–H and O–H groups in total. The Balaban J connectivity index is 2.21. The van der Waals surface area contributed by atoms with E-state index in [4.69, 9.17) is 11.6 Å². The van der Waals surface area contributed by atoms with E-state index in [-0.39, 0.29) is 5.38 Å². The zero-order chi connectivity index (χ0) is 9.26.